The fourth-order valence-corrected chi connectivity index (χ4v) is 6.55. The molecule has 3 aromatic carbocycles. The molecular weight excluding hydrogens is 449 g/mol. The molecule has 0 N–H and O–H groups in total. The van der Waals surface area contributed by atoms with E-state index in [2.05, 4.69) is 77.9 Å². The summed E-state index contributed by atoms with van der Waals surface area (Å²) < 4.78 is 13.6. The number of halogens is 1. The van der Waals surface area contributed by atoms with Crippen LogP contribution in [-0.2, 0) is 20.4 Å². The standard InChI is InChI=1S/C32H32FNO2/c1-31(2,3)17-7-13-21-23(15-17)25-22-14-8-18(32(4,5)6)16-24(22)26(21)28-27(25)29(35)34(30(28)36)20-11-9-19(33)10-12-20/h7-16,25-28H,1-6H3/t25-,26+,27-,28-/m1/s1. The molecular formula is C32H32FNO2. The van der Waals surface area contributed by atoms with Crippen molar-refractivity contribution in [1.29, 1.82) is 0 Å². The molecule has 1 aliphatic heterocycles. The van der Waals surface area contributed by atoms with Crippen molar-refractivity contribution >= 4 is 17.5 Å². The van der Waals surface area contributed by atoms with Crippen LogP contribution in [0.1, 0.15) is 86.8 Å². The summed E-state index contributed by atoms with van der Waals surface area (Å²) in [7, 11) is 0. The van der Waals surface area contributed by atoms with Gasteiger partial charge in [-0.25, -0.2) is 9.29 Å². The summed E-state index contributed by atoms with van der Waals surface area (Å²) in [5.74, 6) is -2.01. The van der Waals surface area contributed by atoms with Crippen LogP contribution in [0.25, 0.3) is 0 Å². The number of benzene rings is 3. The lowest BCUT2D eigenvalue weighted by Gasteiger charge is -2.47. The molecule has 1 saturated heterocycles. The summed E-state index contributed by atoms with van der Waals surface area (Å²) in [6.07, 6.45) is 0. The van der Waals surface area contributed by atoms with Gasteiger partial charge < -0.3 is 0 Å². The van der Waals surface area contributed by atoms with Crippen molar-refractivity contribution in [1.82, 2.24) is 0 Å². The van der Waals surface area contributed by atoms with Gasteiger partial charge in [0.05, 0.1) is 17.5 Å². The van der Waals surface area contributed by atoms with Gasteiger partial charge in [-0.3, -0.25) is 9.59 Å². The normalized spacial score (nSPS) is 24.6. The Morgan fingerprint density at radius 2 is 1.03 bits per heavy atom. The first-order chi connectivity index (χ1) is 16.9. The quantitative estimate of drug-likeness (QED) is 0.358. The molecule has 7 rings (SSSR count). The van der Waals surface area contributed by atoms with Crippen molar-refractivity contribution < 1.29 is 14.0 Å². The van der Waals surface area contributed by atoms with Crippen LogP contribution in [0.15, 0.2) is 60.7 Å². The third kappa shape index (κ3) is 3.16. The maximum Gasteiger partial charge on any atom is 0.238 e. The van der Waals surface area contributed by atoms with Gasteiger partial charge in [0.25, 0.3) is 0 Å². The van der Waals surface area contributed by atoms with Crippen LogP contribution in [0.5, 0.6) is 0 Å². The largest absolute Gasteiger partial charge is 0.274 e. The molecule has 1 heterocycles. The van der Waals surface area contributed by atoms with E-state index in [1.807, 2.05) is 0 Å². The summed E-state index contributed by atoms with van der Waals surface area (Å²) in [6.45, 7) is 13.2. The molecule has 0 unspecified atom stereocenters. The second kappa shape index (κ2) is 7.38. The lowest BCUT2D eigenvalue weighted by molar-refractivity contribution is -0.122. The van der Waals surface area contributed by atoms with E-state index in [9.17, 15) is 14.0 Å². The van der Waals surface area contributed by atoms with Gasteiger partial charge >= 0.3 is 0 Å². The van der Waals surface area contributed by atoms with Crippen LogP contribution in [0.2, 0.25) is 0 Å². The van der Waals surface area contributed by atoms with Gasteiger partial charge in [-0.2, -0.15) is 0 Å². The minimum absolute atomic E-state index is 0.0281. The molecule has 3 aromatic rings. The molecule has 2 bridgehead atoms. The lowest BCUT2D eigenvalue weighted by atomic mass is 9.54. The van der Waals surface area contributed by atoms with Crippen LogP contribution in [-0.4, -0.2) is 11.8 Å². The van der Waals surface area contributed by atoms with Gasteiger partial charge in [0, 0.05) is 11.8 Å². The smallest absolute Gasteiger partial charge is 0.238 e. The number of hydrogen-bond donors (Lipinski definition) is 0. The summed E-state index contributed by atoms with van der Waals surface area (Å²) >= 11 is 0. The zero-order chi connectivity index (χ0) is 25.7. The number of anilines is 1. The van der Waals surface area contributed by atoms with Gasteiger partial charge in [-0.1, -0.05) is 77.9 Å². The van der Waals surface area contributed by atoms with Crippen LogP contribution in [0.3, 0.4) is 0 Å². The molecule has 4 aliphatic rings. The fraction of sp³-hybridized carbons (Fsp3) is 0.375. The molecule has 184 valence electrons. The molecule has 0 radical (unpaired) electrons. The van der Waals surface area contributed by atoms with Gasteiger partial charge in [0.1, 0.15) is 5.82 Å². The third-order valence-corrected chi connectivity index (χ3v) is 8.45. The Morgan fingerprint density at radius 3 is 1.42 bits per heavy atom. The molecule has 4 atom stereocenters. The second-order valence-electron chi connectivity index (χ2n) is 12.7. The fourth-order valence-electron chi connectivity index (χ4n) is 6.55. The monoisotopic (exact) mass is 481 g/mol. The predicted molar refractivity (Wildman–Crippen MR) is 140 cm³/mol. The Kier molecular flexibility index (Phi) is 4.74. The molecule has 3 aliphatic carbocycles. The Balaban J connectivity index is 1.57. The first kappa shape index (κ1) is 23.1. The van der Waals surface area contributed by atoms with E-state index >= 15 is 0 Å². The lowest BCUT2D eigenvalue weighted by Crippen LogP contribution is -2.42. The number of carbonyl (C=O) groups is 2. The third-order valence-electron chi connectivity index (χ3n) is 8.45. The first-order valence-corrected chi connectivity index (χ1v) is 12.8. The molecule has 0 aromatic heterocycles. The number of carbonyl (C=O) groups excluding carboxylic acids is 2. The van der Waals surface area contributed by atoms with Crippen molar-refractivity contribution in [2.75, 3.05) is 4.90 Å². The maximum atomic E-state index is 14.0. The van der Waals surface area contributed by atoms with E-state index in [0.717, 1.165) is 11.1 Å². The van der Waals surface area contributed by atoms with Crippen LogP contribution in [0, 0.1) is 17.7 Å². The van der Waals surface area contributed by atoms with Gasteiger partial charge in [-0.15, -0.1) is 0 Å². The predicted octanol–water partition coefficient (Wildman–Crippen LogP) is 6.82. The van der Waals surface area contributed by atoms with Crippen molar-refractivity contribution in [2.24, 2.45) is 11.8 Å². The van der Waals surface area contributed by atoms with E-state index in [1.165, 1.54) is 51.4 Å². The Morgan fingerprint density at radius 1 is 0.611 bits per heavy atom. The molecule has 4 heteroatoms. The highest BCUT2D eigenvalue weighted by atomic mass is 19.1. The van der Waals surface area contributed by atoms with Gasteiger partial charge in [-0.05, 0) is 68.5 Å². The summed E-state index contributed by atoms with van der Waals surface area (Å²) in [5, 5.41) is 0. The van der Waals surface area contributed by atoms with E-state index in [0.29, 0.717) is 5.69 Å². The topological polar surface area (TPSA) is 37.4 Å². The molecule has 36 heavy (non-hydrogen) atoms. The highest BCUT2D eigenvalue weighted by Crippen LogP contribution is 2.62. The second-order valence-corrected chi connectivity index (χ2v) is 12.7. The molecule has 2 amide bonds. The molecule has 3 nitrogen and oxygen atoms in total. The summed E-state index contributed by atoms with van der Waals surface area (Å²) in [4.78, 5) is 29.2. The van der Waals surface area contributed by atoms with Crippen LogP contribution in [0.4, 0.5) is 10.1 Å². The van der Waals surface area contributed by atoms with E-state index in [4.69, 9.17) is 0 Å². The molecule has 0 spiro atoms. The zero-order valence-electron chi connectivity index (χ0n) is 21.7. The van der Waals surface area contributed by atoms with Crippen molar-refractivity contribution in [3.8, 4) is 0 Å². The Bertz CT molecular complexity index is 1340. The van der Waals surface area contributed by atoms with E-state index in [-0.39, 0.29) is 40.3 Å². The highest BCUT2D eigenvalue weighted by molar-refractivity contribution is 6.23. The Hall–Kier alpha value is -3.27. The summed E-state index contributed by atoms with van der Waals surface area (Å²) in [6, 6.07) is 18.9. The molecule has 1 fully saturated rings. The van der Waals surface area contributed by atoms with Gasteiger partial charge in [0.15, 0.2) is 0 Å². The average molecular weight is 482 g/mol. The van der Waals surface area contributed by atoms with Gasteiger partial charge in [0.2, 0.25) is 11.8 Å². The van der Waals surface area contributed by atoms with Crippen LogP contribution >= 0.6 is 0 Å². The minimum atomic E-state index is -0.455. The van der Waals surface area contributed by atoms with E-state index < -0.39 is 11.8 Å². The number of hydrogen-bond acceptors (Lipinski definition) is 2. The zero-order valence-corrected chi connectivity index (χ0v) is 21.7. The Labute approximate surface area is 212 Å². The first-order valence-electron chi connectivity index (χ1n) is 12.8. The minimum Gasteiger partial charge on any atom is -0.274 e. The van der Waals surface area contributed by atoms with Crippen molar-refractivity contribution in [2.45, 2.75) is 64.2 Å². The van der Waals surface area contributed by atoms with Crippen molar-refractivity contribution in [3.05, 3.63) is 99.9 Å². The number of rotatable bonds is 1. The number of imide groups is 1. The highest BCUT2D eigenvalue weighted by Gasteiger charge is 2.62. The van der Waals surface area contributed by atoms with Crippen molar-refractivity contribution in [3.63, 3.8) is 0 Å². The number of amides is 2. The molecule has 0 saturated carbocycles. The summed E-state index contributed by atoms with van der Waals surface area (Å²) in [5.41, 5.74) is 7.51. The number of nitrogens with zero attached hydrogens (tertiary/aromatic N) is 1. The SMILES string of the molecule is CC(C)(C)c1ccc2c(c1)[C@H]1c3ccc(C(C)(C)C)cc3[C@H]2[C@H]2C(=O)N(c3ccc(F)cc3)C(=O)[C@H]12. The maximum absolute atomic E-state index is 14.0. The van der Waals surface area contributed by atoms with Crippen LogP contribution < -0.4 is 4.90 Å². The van der Waals surface area contributed by atoms with E-state index in [1.54, 1.807) is 0 Å². The average Bonchev–Trinajstić information content (AvgIpc) is 3.08.